The summed E-state index contributed by atoms with van der Waals surface area (Å²) in [7, 11) is 0. The van der Waals surface area contributed by atoms with Crippen LogP contribution in [0.2, 0.25) is 0 Å². The summed E-state index contributed by atoms with van der Waals surface area (Å²) in [6, 6.07) is 10.3. The highest BCUT2D eigenvalue weighted by Gasteiger charge is 2.16. The quantitative estimate of drug-likeness (QED) is 0.667. The summed E-state index contributed by atoms with van der Waals surface area (Å²) in [5.74, 6) is -0.991. The van der Waals surface area contributed by atoms with Crippen LogP contribution in [0.15, 0.2) is 53.5 Å². The zero-order valence-electron chi connectivity index (χ0n) is 11.5. The van der Waals surface area contributed by atoms with Gasteiger partial charge in [0, 0.05) is 12.6 Å². The zero-order chi connectivity index (χ0) is 16.1. The molecule has 0 atom stereocenters. The number of carbonyl (C=O) groups is 1. The Balaban J connectivity index is 2.34. The first-order chi connectivity index (χ1) is 10.5. The van der Waals surface area contributed by atoms with Crippen LogP contribution in [0.4, 0.5) is 5.69 Å². The van der Waals surface area contributed by atoms with Crippen LogP contribution >= 0.6 is 0 Å². The van der Waals surface area contributed by atoms with E-state index in [1.807, 2.05) is 30.3 Å². The van der Waals surface area contributed by atoms with Crippen molar-refractivity contribution in [1.82, 2.24) is 4.57 Å². The van der Waals surface area contributed by atoms with Crippen molar-refractivity contribution in [3.8, 4) is 0 Å². The van der Waals surface area contributed by atoms with E-state index in [9.17, 15) is 19.7 Å². The van der Waals surface area contributed by atoms with Crippen LogP contribution < -0.4 is 11.3 Å². The van der Waals surface area contributed by atoms with Gasteiger partial charge in [-0.05, 0) is 5.56 Å². The van der Waals surface area contributed by atoms with Gasteiger partial charge in [-0.3, -0.25) is 19.7 Å². The summed E-state index contributed by atoms with van der Waals surface area (Å²) in [5, 5.41) is 10.9. The Morgan fingerprint density at radius 2 is 2.00 bits per heavy atom. The average molecular weight is 299 g/mol. The van der Waals surface area contributed by atoms with Crippen molar-refractivity contribution in [2.75, 3.05) is 0 Å². The molecule has 0 fully saturated rings. The van der Waals surface area contributed by atoms with Crippen LogP contribution in [-0.4, -0.2) is 15.4 Å². The van der Waals surface area contributed by atoms with Gasteiger partial charge in [0.25, 0.3) is 17.2 Å². The number of primary amides is 1. The Labute approximate surface area is 125 Å². The maximum absolute atomic E-state index is 12.0. The first kappa shape index (κ1) is 15.2. The average Bonchev–Trinajstić information content (AvgIpc) is 2.49. The lowest BCUT2D eigenvalue weighted by molar-refractivity contribution is -0.385. The molecule has 7 nitrogen and oxygen atoms in total. The summed E-state index contributed by atoms with van der Waals surface area (Å²) in [5.41, 5.74) is 4.59. The number of allylic oxidation sites excluding steroid dienone is 1. The van der Waals surface area contributed by atoms with Crippen molar-refractivity contribution in [2.45, 2.75) is 6.54 Å². The highest BCUT2D eigenvalue weighted by molar-refractivity contribution is 5.92. The van der Waals surface area contributed by atoms with Gasteiger partial charge in [0.05, 0.1) is 11.1 Å². The summed E-state index contributed by atoms with van der Waals surface area (Å²) in [6.07, 6.45) is 4.53. The second kappa shape index (κ2) is 6.49. The third kappa shape index (κ3) is 3.45. The van der Waals surface area contributed by atoms with E-state index in [2.05, 4.69) is 0 Å². The number of benzene rings is 1. The van der Waals surface area contributed by atoms with Gasteiger partial charge in [0.1, 0.15) is 5.56 Å². The monoisotopic (exact) mass is 299 g/mol. The minimum Gasteiger partial charge on any atom is -0.365 e. The highest BCUT2D eigenvalue weighted by Crippen LogP contribution is 2.10. The van der Waals surface area contributed by atoms with Crippen molar-refractivity contribution in [1.29, 1.82) is 0 Å². The number of aromatic nitrogens is 1. The predicted molar refractivity (Wildman–Crippen MR) is 81.4 cm³/mol. The van der Waals surface area contributed by atoms with Crippen molar-refractivity contribution in [3.05, 3.63) is 80.3 Å². The Morgan fingerprint density at radius 1 is 1.32 bits per heavy atom. The lowest BCUT2D eigenvalue weighted by Gasteiger charge is -2.04. The van der Waals surface area contributed by atoms with Crippen LogP contribution in [-0.2, 0) is 6.54 Å². The van der Waals surface area contributed by atoms with E-state index in [0.29, 0.717) is 0 Å². The molecule has 0 saturated carbocycles. The van der Waals surface area contributed by atoms with Gasteiger partial charge >= 0.3 is 0 Å². The smallest absolute Gasteiger partial charge is 0.286 e. The molecule has 1 amide bonds. The minimum atomic E-state index is -0.991. The first-order valence-corrected chi connectivity index (χ1v) is 6.39. The molecule has 0 spiro atoms. The molecule has 0 unspecified atom stereocenters. The number of nitrogens with two attached hydrogens (primary N) is 1. The molecule has 2 aromatic rings. The van der Waals surface area contributed by atoms with Crippen molar-refractivity contribution in [3.63, 3.8) is 0 Å². The molecule has 2 rings (SSSR count). The zero-order valence-corrected chi connectivity index (χ0v) is 11.5. The normalized spacial score (nSPS) is 10.7. The lowest BCUT2D eigenvalue weighted by Crippen LogP contribution is -2.29. The number of carbonyl (C=O) groups excluding carboxylic acids is 1. The molecular formula is C15H13N3O4. The molecule has 1 aromatic heterocycles. The second-order valence-corrected chi connectivity index (χ2v) is 4.50. The Hall–Kier alpha value is -3.22. The van der Waals surface area contributed by atoms with Gasteiger partial charge in [-0.15, -0.1) is 0 Å². The molecule has 0 saturated heterocycles. The van der Waals surface area contributed by atoms with Crippen molar-refractivity contribution in [2.24, 2.45) is 5.73 Å². The van der Waals surface area contributed by atoms with Gasteiger partial charge in [-0.1, -0.05) is 42.5 Å². The first-order valence-electron chi connectivity index (χ1n) is 6.39. The van der Waals surface area contributed by atoms with Gasteiger partial charge in [-0.2, -0.15) is 0 Å². The molecule has 0 aliphatic heterocycles. The van der Waals surface area contributed by atoms with E-state index in [-0.39, 0.29) is 12.2 Å². The van der Waals surface area contributed by atoms with E-state index in [4.69, 9.17) is 5.73 Å². The van der Waals surface area contributed by atoms with Crippen molar-refractivity contribution < 1.29 is 9.72 Å². The van der Waals surface area contributed by atoms with Crippen LogP contribution in [0.3, 0.4) is 0 Å². The number of pyridine rings is 1. The van der Waals surface area contributed by atoms with Crippen LogP contribution in [0.25, 0.3) is 6.08 Å². The van der Waals surface area contributed by atoms with E-state index in [0.717, 1.165) is 22.4 Å². The van der Waals surface area contributed by atoms with Crippen molar-refractivity contribution >= 4 is 17.7 Å². The van der Waals surface area contributed by atoms with Gasteiger partial charge in [0.15, 0.2) is 0 Å². The Bertz CT molecular complexity index is 794. The van der Waals surface area contributed by atoms with E-state index in [1.165, 1.54) is 0 Å². The number of hydrogen-bond donors (Lipinski definition) is 1. The lowest BCUT2D eigenvalue weighted by atomic mass is 10.2. The third-order valence-corrected chi connectivity index (χ3v) is 2.96. The summed E-state index contributed by atoms with van der Waals surface area (Å²) >= 11 is 0. The molecule has 1 aromatic carbocycles. The number of nitrogens with zero attached hydrogens (tertiary/aromatic N) is 2. The molecule has 0 aliphatic carbocycles. The minimum absolute atomic E-state index is 0.0929. The van der Waals surface area contributed by atoms with Gasteiger partial charge in [-0.25, -0.2) is 0 Å². The maximum atomic E-state index is 12.0. The number of nitro groups is 1. The molecule has 2 N–H and O–H groups in total. The van der Waals surface area contributed by atoms with Crippen LogP contribution in [0, 0.1) is 10.1 Å². The summed E-state index contributed by atoms with van der Waals surface area (Å²) < 4.78 is 1.08. The summed E-state index contributed by atoms with van der Waals surface area (Å²) in [6.45, 7) is 0.0929. The van der Waals surface area contributed by atoms with E-state index < -0.39 is 22.0 Å². The number of rotatable bonds is 5. The summed E-state index contributed by atoms with van der Waals surface area (Å²) in [4.78, 5) is 33.4. The third-order valence-electron chi connectivity index (χ3n) is 2.96. The molecule has 112 valence electrons. The molecule has 0 radical (unpaired) electrons. The van der Waals surface area contributed by atoms with Crippen LogP contribution in [0.5, 0.6) is 0 Å². The fraction of sp³-hybridized carbons (Fsp3) is 0.0667. The van der Waals surface area contributed by atoms with Gasteiger partial charge in [0.2, 0.25) is 0 Å². The fourth-order valence-electron chi connectivity index (χ4n) is 1.90. The maximum Gasteiger partial charge on any atom is 0.286 e. The Kier molecular flexibility index (Phi) is 4.47. The van der Waals surface area contributed by atoms with Gasteiger partial charge < -0.3 is 10.3 Å². The van der Waals surface area contributed by atoms with E-state index in [1.54, 1.807) is 12.2 Å². The van der Waals surface area contributed by atoms with E-state index >= 15 is 0 Å². The second-order valence-electron chi connectivity index (χ2n) is 4.50. The molecule has 7 heteroatoms. The Morgan fingerprint density at radius 3 is 2.59 bits per heavy atom. The highest BCUT2D eigenvalue weighted by atomic mass is 16.6. The van der Waals surface area contributed by atoms with Crippen LogP contribution in [0.1, 0.15) is 15.9 Å². The largest absolute Gasteiger partial charge is 0.365 e. The molecule has 0 bridgehead atoms. The molecule has 0 aliphatic rings. The molecule has 22 heavy (non-hydrogen) atoms. The fourth-order valence-corrected chi connectivity index (χ4v) is 1.90. The molecular weight excluding hydrogens is 286 g/mol. The predicted octanol–water partition coefficient (Wildman–Crippen LogP) is 1.57. The standard InChI is InChI=1S/C15H13N3O4/c16-14(19)13-9-12(18(21)22)10-17(15(13)20)8-4-7-11-5-2-1-3-6-11/h1-7,9-10H,8H2,(H2,16,19)/b7-4+. The SMILES string of the molecule is NC(=O)c1cc([N+](=O)[O-])cn(C/C=C/c2ccccc2)c1=O. The molecule has 1 heterocycles. The number of hydrogen-bond acceptors (Lipinski definition) is 4. The number of amides is 1. The topological polar surface area (TPSA) is 108 Å².